The Morgan fingerprint density at radius 2 is 1.41 bits per heavy atom. The van der Waals surface area contributed by atoms with Crippen molar-refractivity contribution in [1.82, 2.24) is 0 Å². The van der Waals surface area contributed by atoms with Crippen molar-refractivity contribution in [3.05, 3.63) is 12.2 Å². The van der Waals surface area contributed by atoms with Gasteiger partial charge in [-0.1, -0.05) is 91.1 Å². The summed E-state index contributed by atoms with van der Waals surface area (Å²) in [5, 5.41) is 0. The summed E-state index contributed by atoms with van der Waals surface area (Å²) in [4.78, 5) is 11.2. The molecule has 0 amide bonds. The lowest BCUT2D eigenvalue weighted by atomic mass is 9.96. The van der Waals surface area contributed by atoms with Crippen LogP contribution in [0.25, 0.3) is 0 Å². The summed E-state index contributed by atoms with van der Waals surface area (Å²) in [6.45, 7) is 10.5. The molecule has 130 valence electrons. The maximum Gasteiger partial charge on any atom is 0.333 e. The summed E-state index contributed by atoms with van der Waals surface area (Å²) in [7, 11) is 0. The Labute approximate surface area is 138 Å². The number of carbonyl (C=O) groups excluding carboxylic acids is 1. The summed E-state index contributed by atoms with van der Waals surface area (Å²) >= 11 is 0. The second kappa shape index (κ2) is 15.1. The molecule has 0 aromatic carbocycles. The first-order valence-corrected chi connectivity index (χ1v) is 9.40. The Hall–Kier alpha value is -0.790. The summed E-state index contributed by atoms with van der Waals surface area (Å²) in [6, 6.07) is 0. The number of hydrogen-bond acceptors (Lipinski definition) is 2. The van der Waals surface area contributed by atoms with E-state index >= 15 is 0 Å². The van der Waals surface area contributed by atoms with Gasteiger partial charge in [0.05, 0.1) is 6.61 Å². The molecule has 0 aromatic rings. The molecule has 0 spiro atoms. The minimum Gasteiger partial charge on any atom is -0.462 e. The van der Waals surface area contributed by atoms with E-state index < -0.39 is 0 Å². The summed E-state index contributed by atoms with van der Waals surface area (Å²) in [5.74, 6) is 0.630. The van der Waals surface area contributed by atoms with Crippen molar-refractivity contribution in [2.24, 2.45) is 5.92 Å². The first-order valence-electron chi connectivity index (χ1n) is 9.40. The molecule has 0 heterocycles. The average Bonchev–Trinajstić information content (AvgIpc) is 2.49. The molecular weight excluding hydrogens is 272 g/mol. The van der Waals surface area contributed by atoms with Gasteiger partial charge in [-0.15, -0.1) is 0 Å². The van der Waals surface area contributed by atoms with Crippen LogP contribution < -0.4 is 0 Å². The van der Waals surface area contributed by atoms with Gasteiger partial charge in [0.2, 0.25) is 0 Å². The molecule has 0 aliphatic rings. The smallest absolute Gasteiger partial charge is 0.333 e. The van der Waals surface area contributed by atoms with Crippen molar-refractivity contribution in [2.45, 2.75) is 97.8 Å². The van der Waals surface area contributed by atoms with E-state index in [4.69, 9.17) is 4.74 Å². The van der Waals surface area contributed by atoms with Gasteiger partial charge in [-0.05, 0) is 19.3 Å². The molecule has 22 heavy (non-hydrogen) atoms. The third-order valence-electron chi connectivity index (χ3n) is 4.22. The quantitative estimate of drug-likeness (QED) is 0.197. The monoisotopic (exact) mass is 310 g/mol. The Morgan fingerprint density at radius 3 is 1.95 bits per heavy atom. The second-order valence-corrected chi connectivity index (χ2v) is 6.78. The molecule has 0 rings (SSSR count). The summed E-state index contributed by atoms with van der Waals surface area (Å²) < 4.78 is 5.08. The first kappa shape index (κ1) is 21.2. The molecule has 2 heteroatoms. The van der Waals surface area contributed by atoms with E-state index in [1.54, 1.807) is 6.92 Å². The number of esters is 1. The molecular formula is C20H38O2. The van der Waals surface area contributed by atoms with E-state index in [0.29, 0.717) is 12.2 Å². The van der Waals surface area contributed by atoms with Crippen LogP contribution in [-0.4, -0.2) is 12.6 Å². The molecule has 2 nitrogen and oxygen atoms in total. The highest BCUT2D eigenvalue weighted by Crippen LogP contribution is 2.18. The maximum absolute atomic E-state index is 11.2. The topological polar surface area (TPSA) is 26.3 Å². The molecule has 0 N–H and O–H groups in total. The zero-order chi connectivity index (χ0) is 16.6. The molecule has 0 aromatic heterocycles. The van der Waals surface area contributed by atoms with Crippen LogP contribution in [0.15, 0.2) is 12.2 Å². The molecule has 1 unspecified atom stereocenters. The largest absolute Gasteiger partial charge is 0.462 e. The average molecular weight is 311 g/mol. The van der Waals surface area contributed by atoms with Gasteiger partial charge in [-0.3, -0.25) is 0 Å². The van der Waals surface area contributed by atoms with Crippen LogP contribution in [0.5, 0.6) is 0 Å². The van der Waals surface area contributed by atoms with E-state index in [9.17, 15) is 4.79 Å². The minimum absolute atomic E-state index is 0.257. The maximum atomic E-state index is 11.2. The highest BCUT2D eigenvalue weighted by molar-refractivity contribution is 5.86. The molecule has 0 radical (unpaired) electrons. The third kappa shape index (κ3) is 14.2. The van der Waals surface area contributed by atoms with Crippen molar-refractivity contribution in [3.63, 3.8) is 0 Å². The Morgan fingerprint density at radius 1 is 0.909 bits per heavy atom. The summed E-state index contributed by atoms with van der Waals surface area (Å²) in [6.07, 6.45) is 15.8. The molecule has 0 saturated carbocycles. The number of unbranched alkanes of at least 4 members (excludes halogenated alkanes) is 8. The van der Waals surface area contributed by atoms with E-state index in [1.807, 2.05) is 0 Å². The van der Waals surface area contributed by atoms with Crippen LogP contribution in [0.2, 0.25) is 0 Å². The van der Waals surface area contributed by atoms with Crippen molar-refractivity contribution in [3.8, 4) is 0 Å². The van der Waals surface area contributed by atoms with Crippen LogP contribution in [0, 0.1) is 5.92 Å². The zero-order valence-corrected chi connectivity index (χ0v) is 15.3. The van der Waals surface area contributed by atoms with Crippen molar-refractivity contribution in [1.29, 1.82) is 0 Å². The molecule has 0 aliphatic heterocycles. The minimum atomic E-state index is -0.257. The van der Waals surface area contributed by atoms with Crippen LogP contribution in [0.4, 0.5) is 0 Å². The van der Waals surface area contributed by atoms with Gasteiger partial charge in [0.15, 0.2) is 0 Å². The van der Waals surface area contributed by atoms with Gasteiger partial charge in [0, 0.05) is 5.57 Å². The molecule has 1 atom stereocenters. The van der Waals surface area contributed by atoms with E-state index in [0.717, 1.165) is 18.8 Å². The molecule has 0 aliphatic carbocycles. The lowest BCUT2D eigenvalue weighted by Crippen LogP contribution is -2.06. The number of hydrogen-bond donors (Lipinski definition) is 0. The van der Waals surface area contributed by atoms with Crippen LogP contribution in [0.3, 0.4) is 0 Å². The van der Waals surface area contributed by atoms with Gasteiger partial charge >= 0.3 is 5.97 Å². The Kier molecular flexibility index (Phi) is 14.6. The second-order valence-electron chi connectivity index (χ2n) is 6.78. The summed E-state index contributed by atoms with van der Waals surface area (Å²) in [5.41, 5.74) is 0.490. The number of carbonyl (C=O) groups is 1. The fourth-order valence-corrected chi connectivity index (χ4v) is 2.65. The lowest BCUT2D eigenvalue weighted by molar-refractivity contribution is -0.139. The number of rotatable bonds is 15. The van der Waals surface area contributed by atoms with E-state index in [1.165, 1.54) is 64.2 Å². The van der Waals surface area contributed by atoms with Gasteiger partial charge in [-0.25, -0.2) is 4.79 Å². The molecule has 0 saturated heterocycles. The van der Waals surface area contributed by atoms with Crippen LogP contribution in [-0.2, 0) is 9.53 Å². The van der Waals surface area contributed by atoms with E-state index in [-0.39, 0.29) is 5.97 Å². The Balaban J connectivity index is 3.24. The fourth-order valence-electron chi connectivity index (χ4n) is 2.65. The number of ether oxygens (including phenoxy) is 1. The predicted octanol–water partition coefficient (Wildman–Crippen LogP) is 6.44. The highest BCUT2D eigenvalue weighted by atomic mass is 16.5. The Bertz CT molecular complexity index is 283. The van der Waals surface area contributed by atoms with Gasteiger partial charge in [0.1, 0.15) is 0 Å². The zero-order valence-electron chi connectivity index (χ0n) is 15.3. The molecule has 0 fully saturated rings. The standard InChI is InChI=1S/C20H38O2/c1-5-6-7-9-12-15-19(4)16-13-10-8-11-14-17-22-20(21)18(2)3/h19H,2,5-17H2,1,3-4H3. The molecule has 0 bridgehead atoms. The SMILES string of the molecule is C=C(C)C(=O)OCCCCCCCC(C)CCCCCCC. The van der Waals surface area contributed by atoms with Gasteiger partial charge in [-0.2, -0.15) is 0 Å². The lowest BCUT2D eigenvalue weighted by Gasteiger charge is -2.11. The highest BCUT2D eigenvalue weighted by Gasteiger charge is 2.03. The fraction of sp³-hybridized carbons (Fsp3) is 0.850. The van der Waals surface area contributed by atoms with Crippen molar-refractivity contribution in [2.75, 3.05) is 6.61 Å². The van der Waals surface area contributed by atoms with E-state index in [2.05, 4.69) is 20.4 Å². The van der Waals surface area contributed by atoms with Crippen molar-refractivity contribution < 1.29 is 9.53 Å². The van der Waals surface area contributed by atoms with Gasteiger partial charge < -0.3 is 4.74 Å². The first-order chi connectivity index (χ1) is 10.6. The van der Waals surface area contributed by atoms with Gasteiger partial charge in [0.25, 0.3) is 0 Å². The normalized spacial score (nSPS) is 12.1. The van der Waals surface area contributed by atoms with Crippen molar-refractivity contribution >= 4 is 5.97 Å². The predicted molar refractivity (Wildman–Crippen MR) is 96.0 cm³/mol. The third-order valence-corrected chi connectivity index (χ3v) is 4.22. The van der Waals surface area contributed by atoms with Crippen LogP contribution in [0.1, 0.15) is 97.8 Å². The van der Waals surface area contributed by atoms with Crippen LogP contribution >= 0.6 is 0 Å².